The molecule has 0 unspecified atom stereocenters. The van der Waals surface area contributed by atoms with Crippen LogP contribution < -0.4 is 14.8 Å². The Morgan fingerprint density at radius 2 is 1.79 bits per heavy atom. The molecular formula is C20H23F2N5O2. The Kier molecular flexibility index (Phi) is 6.26. The summed E-state index contributed by atoms with van der Waals surface area (Å²) in [6, 6.07) is 8.38. The number of anilines is 1. The quantitative estimate of drug-likeness (QED) is 0.612. The molecular weight excluding hydrogens is 380 g/mol. The van der Waals surface area contributed by atoms with E-state index in [2.05, 4.69) is 20.4 Å². The number of aryl methyl sites for hydroxylation is 2. The van der Waals surface area contributed by atoms with E-state index in [1.54, 1.807) is 18.2 Å². The molecule has 0 amide bonds. The van der Waals surface area contributed by atoms with E-state index in [-0.39, 0.29) is 11.6 Å². The van der Waals surface area contributed by atoms with Crippen LogP contribution in [0.15, 0.2) is 30.3 Å². The molecule has 154 valence electrons. The fourth-order valence-electron chi connectivity index (χ4n) is 2.98. The van der Waals surface area contributed by atoms with Crippen LogP contribution in [-0.2, 0) is 6.54 Å². The monoisotopic (exact) mass is 403 g/mol. The zero-order chi connectivity index (χ0) is 21.0. The highest BCUT2D eigenvalue weighted by Crippen LogP contribution is 2.33. The second-order valence-electron chi connectivity index (χ2n) is 6.45. The number of hydrogen-bond donors (Lipinski definition) is 1. The van der Waals surface area contributed by atoms with E-state index in [1.807, 2.05) is 24.6 Å². The van der Waals surface area contributed by atoms with Crippen molar-refractivity contribution in [3.63, 3.8) is 0 Å². The molecule has 0 saturated heterocycles. The number of nitrogens with zero attached hydrogens (tertiary/aromatic N) is 4. The van der Waals surface area contributed by atoms with Crippen molar-refractivity contribution in [3.05, 3.63) is 47.4 Å². The fourth-order valence-corrected chi connectivity index (χ4v) is 2.98. The molecule has 1 N–H and O–H groups in total. The van der Waals surface area contributed by atoms with Gasteiger partial charge >= 0.3 is 0 Å². The standard InChI is InChI=1S/C20H23F2N5O2/c1-12-9-13(2)27(26-12)8-7-23-20-24-15(11-16(25-20)19(21)22)14-5-6-17(28-3)18(10-14)29-4/h5-6,9-11,19H,7-8H2,1-4H3,(H,23,24,25). The number of nitrogens with one attached hydrogen (secondary N) is 1. The average Bonchev–Trinajstić information content (AvgIpc) is 3.04. The van der Waals surface area contributed by atoms with Crippen LogP contribution in [0.4, 0.5) is 14.7 Å². The predicted octanol–water partition coefficient (Wildman–Crippen LogP) is 4.02. The molecule has 0 fully saturated rings. The molecule has 29 heavy (non-hydrogen) atoms. The number of methoxy groups -OCH3 is 2. The van der Waals surface area contributed by atoms with Crippen molar-refractivity contribution in [2.45, 2.75) is 26.8 Å². The van der Waals surface area contributed by atoms with Crippen molar-refractivity contribution in [1.82, 2.24) is 19.7 Å². The van der Waals surface area contributed by atoms with Crippen LogP contribution >= 0.6 is 0 Å². The molecule has 3 aromatic rings. The Balaban J connectivity index is 1.85. The van der Waals surface area contributed by atoms with Gasteiger partial charge < -0.3 is 14.8 Å². The zero-order valence-electron chi connectivity index (χ0n) is 16.7. The van der Waals surface area contributed by atoms with Crippen molar-refractivity contribution in [2.24, 2.45) is 0 Å². The second-order valence-corrected chi connectivity index (χ2v) is 6.45. The largest absolute Gasteiger partial charge is 0.493 e. The summed E-state index contributed by atoms with van der Waals surface area (Å²) >= 11 is 0. The number of rotatable bonds is 8. The Morgan fingerprint density at radius 3 is 2.41 bits per heavy atom. The van der Waals surface area contributed by atoms with E-state index in [9.17, 15) is 8.78 Å². The van der Waals surface area contributed by atoms with Crippen molar-refractivity contribution in [3.8, 4) is 22.8 Å². The highest BCUT2D eigenvalue weighted by Gasteiger charge is 2.15. The molecule has 0 aliphatic rings. The van der Waals surface area contributed by atoms with Gasteiger partial charge in [-0.2, -0.15) is 5.10 Å². The summed E-state index contributed by atoms with van der Waals surface area (Å²) in [6.07, 6.45) is -2.71. The summed E-state index contributed by atoms with van der Waals surface area (Å²) in [5.41, 5.74) is 2.59. The summed E-state index contributed by atoms with van der Waals surface area (Å²) in [7, 11) is 3.04. The average molecular weight is 403 g/mol. The molecule has 2 heterocycles. The van der Waals surface area contributed by atoms with Crippen molar-refractivity contribution in [2.75, 3.05) is 26.1 Å². The van der Waals surface area contributed by atoms with Crippen LogP contribution in [0.3, 0.4) is 0 Å². The van der Waals surface area contributed by atoms with Gasteiger partial charge in [0.2, 0.25) is 5.95 Å². The Hall–Kier alpha value is -3.23. The lowest BCUT2D eigenvalue weighted by Gasteiger charge is -2.12. The molecule has 0 aliphatic carbocycles. The van der Waals surface area contributed by atoms with Gasteiger partial charge in [-0.1, -0.05) is 0 Å². The Morgan fingerprint density at radius 1 is 1.03 bits per heavy atom. The minimum Gasteiger partial charge on any atom is -0.493 e. The van der Waals surface area contributed by atoms with Gasteiger partial charge in [-0.15, -0.1) is 0 Å². The van der Waals surface area contributed by atoms with Crippen molar-refractivity contribution >= 4 is 5.95 Å². The highest BCUT2D eigenvalue weighted by molar-refractivity contribution is 5.65. The van der Waals surface area contributed by atoms with Gasteiger partial charge in [0.05, 0.1) is 32.2 Å². The molecule has 3 rings (SSSR count). The molecule has 0 saturated carbocycles. The summed E-state index contributed by atoms with van der Waals surface area (Å²) in [4.78, 5) is 8.33. The van der Waals surface area contributed by atoms with Crippen molar-refractivity contribution in [1.29, 1.82) is 0 Å². The minimum absolute atomic E-state index is 0.133. The summed E-state index contributed by atoms with van der Waals surface area (Å²) < 4.78 is 39.1. The van der Waals surface area contributed by atoms with Crippen molar-refractivity contribution < 1.29 is 18.3 Å². The van der Waals surface area contributed by atoms with E-state index in [4.69, 9.17) is 9.47 Å². The molecule has 0 radical (unpaired) electrons. The molecule has 9 heteroatoms. The summed E-state index contributed by atoms with van der Waals surface area (Å²) in [5.74, 6) is 1.16. The maximum absolute atomic E-state index is 13.4. The van der Waals surface area contributed by atoms with E-state index in [1.165, 1.54) is 20.3 Å². The number of ether oxygens (including phenoxy) is 2. The summed E-state index contributed by atoms with van der Waals surface area (Å²) in [5, 5.41) is 7.39. The number of alkyl halides is 2. The van der Waals surface area contributed by atoms with Crippen LogP contribution in [-0.4, -0.2) is 40.5 Å². The number of halogens is 2. The van der Waals surface area contributed by atoms with Crippen LogP contribution in [0.25, 0.3) is 11.3 Å². The van der Waals surface area contributed by atoms with E-state index in [0.29, 0.717) is 35.8 Å². The van der Waals surface area contributed by atoms with Gasteiger partial charge in [0.15, 0.2) is 11.5 Å². The molecule has 1 aromatic carbocycles. The van der Waals surface area contributed by atoms with Gasteiger partial charge in [0, 0.05) is 17.8 Å². The molecule has 0 bridgehead atoms. The minimum atomic E-state index is -2.71. The SMILES string of the molecule is COc1ccc(-c2cc(C(F)F)nc(NCCn3nc(C)cc3C)n2)cc1OC. The van der Waals surface area contributed by atoms with E-state index >= 15 is 0 Å². The first-order valence-electron chi connectivity index (χ1n) is 9.05. The van der Waals surface area contributed by atoms with Crippen LogP contribution in [0.5, 0.6) is 11.5 Å². The molecule has 2 aromatic heterocycles. The molecule has 0 atom stereocenters. The number of benzene rings is 1. The van der Waals surface area contributed by atoms with Crippen LogP contribution in [0, 0.1) is 13.8 Å². The van der Waals surface area contributed by atoms with Gasteiger partial charge in [-0.25, -0.2) is 18.7 Å². The van der Waals surface area contributed by atoms with E-state index < -0.39 is 6.43 Å². The highest BCUT2D eigenvalue weighted by atomic mass is 19.3. The van der Waals surface area contributed by atoms with E-state index in [0.717, 1.165) is 11.4 Å². The Bertz CT molecular complexity index is 991. The summed E-state index contributed by atoms with van der Waals surface area (Å²) in [6.45, 7) is 4.89. The third kappa shape index (κ3) is 4.79. The maximum Gasteiger partial charge on any atom is 0.280 e. The molecule has 0 spiro atoms. The molecule has 0 aliphatic heterocycles. The third-order valence-corrected chi connectivity index (χ3v) is 4.36. The topological polar surface area (TPSA) is 74.1 Å². The Labute approximate surface area is 167 Å². The number of aromatic nitrogens is 4. The lowest BCUT2D eigenvalue weighted by Crippen LogP contribution is -2.15. The van der Waals surface area contributed by atoms with Gasteiger partial charge in [-0.05, 0) is 44.2 Å². The lowest BCUT2D eigenvalue weighted by atomic mass is 10.1. The first kappa shape index (κ1) is 20.5. The second kappa shape index (κ2) is 8.85. The third-order valence-electron chi connectivity index (χ3n) is 4.36. The normalized spacial score (nSPS) is 11.0. The lowest BCUT2D eigenvalue weighted by molar-refractivity contribution is 0.146. The fraction of sp³-hybridized carbons (Fsp3) is 0.350. The van der Waals surface area contributed by atoms with Crippen LogP contribution in [0.2, 0.25) is 0 Å². The van der Waals surface area contributed by atoms with Gasteiger partial charge in [0.25, 0.3) is 6.43 Å². The first-order chi connectivity index (χ1) is 13.9. The zero-order valence-corrected chi connectivity index (χ0v) is 16.7. The van der Waals surface area contributed by atoms with Crippen LogP contribution in [0.1, 0.15) is 23.5 Å². The smallest absolute Gasteiger partial charge is 0.280 e. The number of hydrogen-bond acceptors (Lipinski definition) is 6. The van der Waals surface area contributed by atoms with Gasteiger partial charge in [-0.3, -0.25) is 4.68 Å². The first-order valence-corrected chi connectivity index (χ1v) is 9.05. The predicted molar refractivity (Wildman–Crippen MR) is 106 cm³/mol. The molecule has 7 nitrogen and oxygen atoms in total. The van der Waals surface area contributed by atoms with Gasteiger partial charge in [0.1, 0.15) is 5.69 Å². The maximum atomic E-state index is 13.4.